The molecule has 0 aromatic carbocycles. The highest BCUT2D eigenvalue weighted by Crippen LogP contribution is 2.15. The molecule has 0 aliphatic rings. The SMILES string of the molecule is CCOC(=O)c1conc1C(=O)OC(C)(C)C. The molecular formula is C11H15NO5. The van der Waals surface area contributed by atoms with Crippen LogP contribution in [0.25, 0.3) is 0 Å². The van der Waals surface area contributed by atoms with Crippen LogP contribution in [-0.2, 0) is 9.47 Å². The summed E-state index contributed by atoms with van der Waals surface area (Å²) < 4.78 is 14.4. The fourth-order valence-corrected chi connectivity index (χ4v) is 1.06. The van der Waals surface area contributed by atoms with Gasteiger partial charge in [0, 0.05) is 0 Å². The van der Waals surface area contributed by atoms with Gasteiger partial charge in [0.05, 0.1) is 6.61 Å². The predicted molar refractivity (Wildman–Crippen MR) is 57.6 cm³/mol. The minimum Gasteiger partial charge on any atom is -0.462 e. The molecule has 0 atom stereocenters. The summed E-state index contributed by atoms with van der Waals surface area (Å²) in [5, 5.41) is 3.45. The topological polar surface area (TPSA) is 78.6 Å². The van der Waals surface area contributed by atoms with Crippen LogP contribution in [0.3, 0.4) is 0 Å². The Morgan fingerprint density at radius 1 is 1.35 bits per heavy atom. The standard InChI is InChI=1S/C11H15NO5/c1-5-15-9(13)7-6-16-12-8(7)10(14)17-11(2,3)4/h6H,5H2,1-4H3. The molecule has 17 heavy (non-hydrogen) atoms. The molecule has 1 heterocycles. The van der Waals surface area contributed by atoms with Crippen molar-refractivity contribution in [1.82, 2.24) is 5.16 Å². The zero-order valence-corrected chi connectivity index (χ0v) is 10.3. The molecule has 1 aromatic rings. The summed E-state index contributed by atoms with van der Waals surface area (Å²) in [6.07, 6.45) is 1.07. The Hall–Kier alpha value is -1.85. The monoisotopic (exact) mass is 241 g/mol. The minimum absolute atomic E-state index is 0.0268. The van der Waals surface area contributed by atoms with Gasteiger partial charge in [0.2, 0.25) is 5.69 Å². The molecular weight excluding hydrogens is 226 g/mol. The maximum atomic E-state index is 11.7. The highest BCUT2D eigenvalue weighted by atomic mass is 16.6. The van der Waals surface area contributed by atoms with Crippen molar-refractivity contribution < 1.29 is 23.6 Å². The summed E-state index contributed by atoms with van der Waals surface area (Å²) in [7, 11) is 0. The number of carbonyl (C=O) groups excluding carboxylic acids is 2. The van der Waals surface area contributed by atoms with Crippen molar-refractivity contribution in [2.24, 2.45) is 0 Å². The smallest absolute Gasteiger partial charge is 0.361 e. The summed E-state index contributed by atoms with van der Waals surface area (Å²) in [5.41, 5.74) is -0.860. The van der Waals surface area contributed by atoms with Gasteiger partial charge in [0.15, 0.2) is 0 Å². The Balaban J connectivity index is 2.89. The van der Waals surface area contributed by atoms with Crippen LogP contribution in [0.15, 0.2) is 10.8 Å². The molecule has 0 unspecified atom stereocenters. The van der Waals surface area contributed by atoms with Crippen LogP contribution in [-0.4, -0.2) is 29.3 Å². The molecule has 0 spiro atoms. The van der Waals surface area contributed by atoms with Crippen molar-refractivity contribution >= 4 is 11.9 Å². The van der Waals surface area contributed by atoms with E-state index in [1.165, 1.54) is 0 Å². The molecule has 0 fully saturated rings. The third-order valence-corrected chi connectivity index (χ3v) is 1.66. The molecule has 0 aliphatic carbocycles. The number of esters is 2. The molecule has 1 rings (SSSR count). The van der Waals surface area contributed by atoms with E-state index < -0.39 is 17.5 Å². The average Bonchev–Trinajstić information content (AvgIpc) is 2.63. The van der Waals surface area contributed by atoms with Gasteiger partial charge in [-0.25, -0.2) is 9.59 Å². The predicted octanol–water partition coefficient (Wildman–Crippen LogP) is 1.81. The summed E-state index contributed by atoms with van der Waals surface area (Å²) in [5.74, 6) is -1.37. The van der Waals surface area contributed by atoms with Crippen molar-refractivity contribution in [2.45, 2.75) is 33.3 Å². The van der Waals surface area contributed by atoms with Crippen molar-refractivity contribution in [1.29, 1.82) is 0 Å². The van der Waals surface area contributed by atoms with Gasteiger partial charge in [-0.1, -0.05) is 5.16 Å². The molecule has 1 aromatic heterocycles. The van der Waals surface area contributed by atoms with E-state index in [0.717, 1.165) is 6.26 Å². The maximum absolute atomic E-state index is 11.7. The first kappa shape index (κ1) is 13.2. The van der Waals surface area contributed by atoms with E-state index in [-0.39, 0.29) is 17.9 Å². The van der Waals surface area contributed by atoms with Crippen LogP contribution in [0.4, 0.5) is 0 Å². The van der Waals surface area contributed by atoms with Crippen LogP contribution < -0.4 is 0 Å². The number of hydrogen-bond acceptors (Lipinski definition) is 6. The molecule has 94 valence electrons. The molecule has 0 saturated carbocycles. The van der Waals surface area contributed by atoms with E-state index in [1.54, 1.807) is 27.7 Å². The molecule has 0 radical (unpaired) electrons. The van der Waals surface area contributed by atoms with E-state index in [4.69, 9.17) is 9.47 Å². The summed E-state index contributed by atoms with van der Waals surface area (Å²) in [4.78, 5) is 23.2. The quantitative estimate of drug-likeness (QED) is 0.751. The average molecular weight is 241 g/mol. The largest absolute Gasteiger partial charge is 0.462 e. The van der Waals surface area contributed by atoms with Gasteiger partial charge in [-0.3, -0.25) is 0 Å². The lowest BCUT2D eigenvalue weighted by Crippen LogP contribution is -2.25. The van der Waals surface area contributed by atoms with Crippen LogP contribution in [0.1, 0.15) is 48.5 Å². The second-order valence-electron chi connectivity index (χ2n) is 4.30. The zero-order chi connectivity index (χ0) is 13.1. The minimum atomic E-state index is -0.714. The number of carbonyl (C=O) groups is 2. The summed E-state index contributed by atoms with van der Waals surface area (Å²) in [6.45, 7) is 7.02. The van der Waals surface area contributed by atoms with E-state index in [2.05, 4.69) is 9.68 Å². The summed E-state index contributed by atoms with van der Waals surface area (Å²) >= 11 is 0. The first-order chi connectivity index (χ1) is 7.85. The number of hydrogen-bond donors (Lipinski definition) is 0. The lowest BCUT2D eigenvalue weighted by atomic mass is 10.2. The first-order valence-electron chi connectivity index (χ1n) is 5.20. The molecule has 0 aliphatic heterocycles. The van der Waals surface area contributed by atoms with Crippen LogP contribution in [0.2, 0.25) is 0 Å². The lowest BCUT2D eigenvalue weighted by molar-refractivity contribution is 0.00541. The van der Waals surface area contributed by atoms with Crippen molar-refractivity contribution in [3.8, 4) is 0 Å². The number of ether oxygens (including phenoxy) is 2. The van der Waals surface area contributed by atoms with Crippen molar-refractivity contribution in [3.05, 3.63) is 17.5 Å². The van der Waals surface area contributed by atoms with Crippen molar-refractivity contribution in [3.63, 3.8) is 0 Å². The van der Waals surface area contributed by atoms with Gasteiger partial charge in [-0.2, -0.15) is 0 Å². The fraction of sp³-hybridized carbons (Fsp3) is 0.545. The maximum Gasteiger partial charge on any atom is 0.361 e. The van der Waals surface area contributed by atoms with Gasteiger partial charge >= 0.3 is 11.9 Å². The summed E-state index contributed by atoms with van der Waals surface area (Å²) in [6, 6.07) is 0. The van der Waals surface area contributed by atoms with Gasteiger partial charge in [-0.15, -0.1) is 0 Å². The number of aromatic nitrogens is 1. The number of nitrogens with zero attached hydrogens (tertiary/aromatic N) is 1. The van der Waals surface area contributed by atoms with E-state index >= 15 is 0 Å². The Morgan fingerprint density at radius 3 is 2.53 bits per heavy atom. The lowest BCUT2D eigenvalue weighted by Gasteiger charge is -2.18. The molecule has 0 N–H and O–H groups in total. The van der Waals surface area contributed by atoms with E-state index in [1.807, 2.05) is 0 Å². The first-order valence-corrected chi connectivity index (χ1v) is 5.20. The highest BCUT2D eigenvalue weighted by Gasteiger charge is 2.27. The normalized spacial score (nSPS) is 11.1. The second kappa shape index (κ2) is 4.99. The Kier molecular flexibility index (Phi) is 3.88. The molecule has 0 saturated heterocycles. The zero-order valence-electron chi connectivity index (χ0n) is 10.3. The van der Waals surface area contributed by atoms with Gasteiger partial charge < -0.3 is 14.0 Å². The fourth-order valence-electron chi connectivity index (χ4n) is 1.06. The van der Waals surface area contributed by atoms with Gasteiger partial charge in [0.1, 0.15) is 17.4 Å². The second-order valence-corrected chi connectivity index (χ2v) is 4.30. The van der Waals surface area contributed by atoms with Crippen LogP contribution in [0.5, 0.6) is 0 Å². The Labute approximate surface area is 98.9 Å². The van der Waals surface area contributed by atoms with Crippen LogP contribution >= 0.6 is 0 Å². The van der Waals surface area contributed by atoms with E-state index in [9.17, 15) is 9.59 Å². The molecule has 0 bridgehead atoms. The Morgan fingerprint density at radius 2 is 2.00 bits per heavy atom. The molecule has 0 amide bonds. The van der Waals surface area contributed by atoms with Gasteiger partial charge in [-0.05, 0) is 27.7 Å². The van der Waals surface area contributed by atoms with Gasteiger partial charge in [0.25, 0.3) is 0 Å². The third kappa shape index (κ3) is 3.58. The van der Waals surface area contributed by atoms with Crippen molar-refractivity contribution in [2.75, 3.05) is 6.61 Å². The highest BCUT2D eigenvalue weighted by molar-refractivity contribution is 6.01. The molecule has 6 heteroatoms. The Bertz CT molecular complexity index is 416. The number of rotatable bonds is 3. The third-order valence-electron chi connectivity index (χ3n) is 1.66. The van der Waals surface area contributed by atoms with E-state index in [0.29, 0.717) is 0 Å². The van der Waals surface area contributed by atoms with Crippen LogP contribution in [0, 0.1) is 0 Å². The molecule has 6 nitrogen and oxygen atoms in total.